The van der Waals surface area contributed by atoms with Crippen LogP contribution in [-0.2, 0) is 11.3 Å². The standard InChI is InChI=1S/C16H19FN2O2/c1-2-3-4-8-18-16(21)11-19-9-7-15(20)13-10-12(17)5-6-14(13)19/h5-7,9-10H,2-4,8,11H2,1H3,(H,18,21). The Morgan fingerprint density at radius 2 is 2.10 bits per heavy atom. The van der Waals surface area contributed by atoms with Gasteiger partial charge in [0.25, 0.3) is 0 Å². The summed E-state index contributed by atoms with van der Waals surface area (Å²) in [5.74, 6) is -0.568. The van der Waals surface area contributed by atoms with Crippen LogP contribution in [0, 0.1) is 5.82 Å². The lowest BCUT2D eigenvalue weighted by atomic mass is 10.2. The van der Waals surface area contributed by atoms with Gasteiger partial charge in [0.1, 0.15) is 12.4 Å². The molecule has 0 atom stereocenters. The number of nitrogens with zero attached hydrogens (tertiary/aromatic N) is 1. The maximum atomic E-state index is 13.2. The summed E-state index contributed by atoms with van der Waals surface area (Å²) in [7, 11) is 0. The van der Waals surface area contributed by atoms with Crippen LogP contribution in [0.25, 0.3) is 10.9 Å². The van der Waals surface area contributed by atoms with Gasteiger partial charge in [-0.2, -0.15) is 0 Å². The van der Waals surface area contributed by atoms with E-state index in [1.54, 1.807) is 10.8 Å². The number of benzene rings is 1. The molecule has 112 valence electrons. The highest BCUT2D eigenvalue weighted by molar-refractivity contribution is 5.82. The summed E-state index contributed by atoms with van der Waals surface area (Å²) in [6, 6.07) is 5.37. The third kappa shape index (κ3) is 3.90. The Balaban J connectivity index is 2.14. The molecule has 0 aliphatic rings. The van der Waals surface area contributed by atoms with Crippen molar-refractivity contribution in [1.82, 2.24) is 9.88 Å². The Bertz CT molecular complexity index is 694. The van der Waals surface area contributed by atoms with Crippen LogP contribution in [0.4, 0.5) is 4.39 Å². The Morgan fingerprint density at radius 3 is 2.86 bits per heavy atom. The van der Waals surface area contributed by atoms with E-state index in [0.29, 0.717) is 12.1 Å². The first-order valence-corrected chi connectivity index (χ1v) is 7.17. The molecule has 0 fully saturated rings. The first-order valence-electron chi connectivity index (χ1n) is 7.17. The SMILES string of the molecule is CCCCCNC(=O)Cn1ccc(=O)c2cc(F)ccc21. The highest BCUT2D eigenvalue weighted by atomic mass is 19.1. The van der Waals surface area contributed by atoms with Crippen LogP contribution in [0.5, 0.6) is 0 Å². The second-order valence-corrected chi connectivity index (χ2v) is 5.03. The molecule has 1 heterocycles. The lowest BCUT2D eigenvalue weighted by molar-refractivity contribution is -0.121. The minimum absolute atomic E-state index is 0.111. The number of carbonyl (C=O) groups is 1. The number of hydrogen-bond acceptors (Lipinski definition) is 2. The summed E-state index contributed by atoms with van der Waals surface area (Å²) < 4.78 is 14.9. The predicted molar refractivity (Wildman–Crippen MR) is 80.7 cm³/mol. The highest BCUT2D eigenvalue weighted by Gasteiger charge is 2.07. The third-order valence-corrected chi connectivity index (χ3v) is 3.36. The zero-order valence-electron chi connectivity index (χ0n) is 12.1. The van der Waals surface area contributed by atoms with Crippen LogP contribution >= 0.6 is 0 Å². The van der Waals surface area contributed by atoms with Crippen LogP contribution in [0.15, 0.2) is 35.3 Å². The van der Waals surface area contributed by atoms with Crippen molar-refractivity contribution in [2.45, 2.75) is 32.7 Å². The maximum absolute atomic E-state index is 13.2. The van der Waals surface area contributed by atoms with Crippen LogP contribution < -0.4 is 10.7 Å². The summed E-state index contributed by atoms with van der Waals surface area (Å²) in [6.07, 6.45) is 4.71. The topological polar surface area (TPSA) is 51.1 Å². The van der Waals surface area contributed by atoms with Crippen LogP contribution in [0.1, 0.15) is 26.2 Å². The number of pyridine rings is 1. The van der Waals surface area contributed by atoms with Gasteiger partial charge in [-0.1, -0.05) is 19.8 Å². The second kappa shape index (κ2) is 7.02. The van der Waals surface area contributed by atoms with E-state index in [9.17, 15) is 14.0 Å². The van der Waals surface area contributed by atoms with Gasteiger partial charge < -0.3 is 9.88 Å². The fourth-order valence-corrected chi connectivity index (χ4v) is 2.24. The average molecular weight is 290 g/mol. The highest BCUT2D eigenvalue weighted by Crippen LogP contribution is 2.11. The first kappa shape index (κ1) is 15.2. The number of carbonyl (C=O) groups excluding carboxylic acids is 1. The molecule has 1 aromatic carbocycles. The third-order valence-electron chi connectivity index (χ3n) is 3.36. The number of halogens is 1. The monoisotopic (exact) mass is 290 g/mol. The fourth-order valence-electron chi connectivity index (χ4n) is 2.24. The summed E-state index contributed by atoms with van der Waals surface area (Å²) in [4.78, 5) is 23.6. The van der Waals surface area contributed by atoms with Gasteiger partial charge in [-0.3, -0.25) is 9.59 Å². The number of aromatic nitrogens is 1. The van der Waals surface area contributed by atoms with Gasteiger partial charge in [-0.25, -0.2) is 4.39 Å². The fraction of sp³-hybridized carbons (Fsp3) is 0.375. The molecule has 0 radical (unpaired) electrons. The zero-order chi connectivity index (χ0) is 15.2. The van der Waals surface area contributed by atoms with E-state index in [4.69, 9.17) is 0 Å². The number of amides is 1. The van der Waals surface area contributed by atoms with Gasteiger partial charge in [-0.05, 0) is 24.6 Å². The second-order valence-electron chi connectivity index (χ2n) is 5.03. The van der Waals surface area contributed by atoms with E-state index in [-0.39, 0.29) is 23.3 Å². The smallest absolute Gasteiger partial charge is 0.239 e. The Labute approximate surface area is 122 Å². The van der Waals surface area contributed by atoms with Crippen molar-refractivity contribution in [2.24, 2.45) is 0 Å². The maximum Gasteiger partial charge on any atom is 0.239 e. The molecule has 0 bridgehead atoms. The quantitative estimate of drug-likeness (QED) is 0.831. The number of fused-ring (bicyclic) bond motifs is 1. The Morgan fingerprint density at radius 1 is 1.29 bits per heavy atom. The van der Waals surface area contributed by atoms with Crippen molar-refractivity contribution >= 4 is 16.8 Å². The minimum Gasteiger partial charge on any atom is -0.355 e. The molecule has 1 aromatic heterocycles. The number of hydrogen-bond donors (Lipinski definition) is 1. The van der Waals surface area contributed by atoms with Crippen molar-refractivity contribution in [1.29, 1.82) is 0 Å². The van der Waals surface area contributed by atoms with Crippen molar-refractivity contribution in [2.75, 3.05) is 6.54 Å². The van der Waals surface area contributed by atoms with Gasteiger partial charge in [0.15, 0.2) is 5.43 Å². The van der Waals surface area contributed by atoms with Crippen LogP contribution in [-0.4, -0.2) is 17.0 Å². The zero-order valence-corrected chi connectivity index (χ0v) is 12.1. The summed E-state index contributed by atoms with van der Waals surface area (Å²) in [5, 5.41) is 3.13. The number of nitrogens with one attached hydrogen (secondary N) is 1. The van der Waals surface area contributed by atoms with Gasteiger partial charge in [0.2, 0.25) is 5.91 Å². The first-order chi connectivity index (χ1) is 10.1. The Hall–Kier alpha value is -2.17. The minimum atomic E-state index is -0.457. The lowest BCUT2D eigenvalue weighted by Crippen LogP contribution is -2.28. The van der Waals surface area contributed by atoms with Gasteiger partial charge in [-0.15, -0.1) is 0 Å². The molecule has 0 saturated heterocycles. The molecular formula is C16H19FN2O2. The van der Waals surface area contributed by atoms with Gasteiger partial charge in [0, 0.05) is 24.2 Å². The molecule has 0 aliphatic carbocycles. The molecule has 0 saturated carbocycles. The molecule has 0 aliphatic heterocycles. The molecule has 0 unspecified atom stereocenters. The van der Waals surface area contributed by atoms with Crippen molar-refractivity contribution in [3.63, 3.8) is 0 Å². The number of rotatable bonds is 6. The van der Waals surface area contributed by atoms with Crippen LogP contribution in [0.3, 0.4) is 0 Å². The van der Waals surface area contributed by atoms with Crippen molar-refractivity contribution in [3.8, 4) is 0 Å². The molecule has 1 N–H and O–H groups in total. The largest absolute Gasteiger partial charge is 0.355 e. The van der Waals surface area contributed by atoms with E-state index in [1.165, 1.54) is 24.3 Å². The lowest BCUT2D eigenvalue weighted by Gasteiger charge is -2.11. The van der Waals surface area contributed by atoms with Crippen LogP contribution in [0.2, 0.25) is 0 Å². The average Bonchev–Trinajstić information content (AvgIpc) is 2.47. The van der Waals surface area contributed by atoms with Gasteiger partial charge in [0.05, 0.1) is 5.52 Å². The summed E-state index contributed by atoms with van der Waals surface area (Å²) in [6.45, 7) is 2.88. The molecule has 21 heavy (non-hydrogen) atoms. The molecule has 2 aromatic rings. The van der Waals surface area contributed by atoms with E-state index in [1.807, 2.05) is 0 Å². The van der Waals surface area contributed by atoms with Crippen molar-refractivity contribution in [3.05, 3.63) is 46.5 Å². The van der Waals surface area contributed by atoms with E-state index < -0.39 is 5.82 Å². The van der Waals surface area contributed by atoms with E-state index in [2.05, 4.69) is 12.2 Å². The molecule has 2 rings (SSSR count). The summed E-state index contributed by atoms with van der Waals surface area (Å²) in [5.41, 5.74) is 0.316. The number of unbranched alkanes of at least 4 members (excludes halogenated alkanes) is 2. The normalized spacial score (nSPS) is 10.8. The summed E-state index contributed by atoms with van der Waals surface area (Å²) >= 11 is 0. The predicted octanol–water partition coefficient (Wildman–Crippen LogP) is 2.45. The molecule has 0 spiro atoms. The van der Waals surface area contributed by atoms with Gasteiger partial charge >= 0.3 is 0 Å². The molecule has 1 amide bonds. The van der Waals surface area contributed by atoms with Crippen molar-refractivity contribution < 1.29 is 9.18 Å². The molecule has 5 heteroatoms. The molecular weight excluding hydrogens is 271 g/mol. The van der Waals surface area contributed by atoms with E-state index >= 15 is 0 Å². The molecule has 4 nitrogen and oxygen atoms in total. The Kier molecular flexibility index (Phi) is 5.09. The van der Waals surface area contributed by atoms with E-state index in [0.717, 1.165) is 19.3 Å².